The molecule has 2 unspecified atom stereocenters. The summed E-state index contributed by atoms with van der Waals surface area (Å²) >= 11 is 3.30. The van der Waals surface area contributed by atoms with Crippen molar-refractivity contribution >= 4 is 38.4 Å². The van der Waals surface area contributed by atoms with Gasteiger partial charge in [-0.05, 0) is 43.6 Å². The molecule has 0 radical (unpaired) electrons. The molecule has 1 aromatic carbocycles. The number of halogens is 2. The Hall–Kier alpha value is -0.340. The van der Waals surface area contributed by atoms with Crippen LogP contribution in [-0.2, 0) is 10.0 Å². The molecule has 21 heavy (non-hydrogen) atoms. The van der Waals surface area contributed by atoms with Crippen molar-refractivity contribution in [3.05, 3.63) is 22.7 Å². The van der Waals surface area contributed by atoms with E-state index in [1.165, 1.54) is 7.11 Å². The fraction of sp³-hybridized carbons (Fsp3) is 0.538. The molecule has 120 valence electrons. The largest absolute Gasteiger partial charge is 0.495 e. The molecular weight excluding hydrogens is 380 g/mol. The first-order valence-electron chi connectivity index (χ1n) is 6.50. The number of hydrogen-bond donors (Lipinski definition) is 2. The van der Waals surface area contributed by atoms with Gasteiger partial charge in [0.2, 0.25) is 10.0 Å². The Balaban J connectivity index is 0.00000220. The van der Waals surface area contributed by atoms with E-state index in [9.17, 15) is 8.42 Å². The van der Waals surface area contributed by atoms with Gasteiger partial charge in [-0.25, -0.2) is 13.1 Å². The maximum atomic E-state index is 12.5. The van der Waals surface area contributed by atoms with Crippen LogP contribution in [0.1, 0.15) is 13.3 Å². The Bertz CT molecular complexity index is 583. The van der Waals surface area contributed by atoms with Gasteiger partial charge < -0.3 is 10.1 Å². The third-order valence-electron chi connectivity index (χ3n) is 3.51. The van der Waals surface area contributed by atoms with Crippen molar-refractivity contribution in [2.24, 2.45) is 5.92 Å². The minimum absolute atomic E-state index is 0. The highest BCUT2D eigenvalue weighted by atomic mass is 79.9. The zero-order valence-corrected chi connectivity index (χ0v) is 15.1. The van der Waals surface area contributed by atoms with E-state index in [1.54, 1.807) is 18.2 Å². The quantitative estimate of drug-likeness (QED) is 0.814. The van der Waals surface area contributed by atoms with Gasteiger partial charge in [-0.1, -0.05) is 22.9 Å². The maximum Gasteiger partial charge on any atom is 0.244 e. The molecule has 8 heteroatoms. The van der Waals surface area contributed by atoms with E-state index in [4.69, 9.17) is 4.74 Å². The van der Waals surface area contributed by atoms with Gasteiger partial charge in [0, 0.05) is 10.5 Å². The van der Waals surface area contributed by atoms with Crippen molar-refractivity contribution in [3.63, 3.8) is 0 Å². The zero-order chi connectivity index (χ0) is 14.8. The van der Waals surface area contributed by atoms with E-state index in [0.717, 1.165) is 19.5 Å². The molecule has 2 N–H and O–H groups in total. The summed E-state index contributed by atoms with van der Waals surface area (Å²) in [6.07, 6.45) is 0.788. The number of benzene rings is 1. The highest BCUT2D eigenvalue weighted by molar-refractivity contribution is 9.10. The van der Waals surface area contributed by atoms with Crippen LogP contribution in [0.2, 0.25) is 0 Å². The second-order valence-electron chi connectivity index (χ2n) is 4.99. The number of nitrogens with one attached hydrogen (secondary N) is 2. The van der Waals surface area contributed by atoms with Crippen molar-refractivity contribution in [2.45, 2.75) is 24.3 Å². The van der Waals surface area contributed by atoms with Crippen LogP contribution in [0.15, 0.2) is 27.6 Å². The van der Waals surface area contributed by atoms with Crippen molar-refractivity contribution in [3.8, 4) is 5.75 Å². The summed E-state index contributed by atoms with van der Waals surface area (Å²) in [4.78, 5) is 0.167. The number of hydrogen-bond acceptors (Lipinski definition) is 4. The second kappa shape index (κ2) is 7.78. The van der Waals surface area contributed by atoms with Crippen LogP contribution >= 0.6 is 28.3 Å². The smallest absolute Gasteiger partial charge is 0.244 e. The fourth-order valence-electron chi connectivity index (χ4n) is 2.31. The summed E-state index contributed by atoms with van der Waals surface area (Å²) in [6.45, 7) is 3.69. The molecule has 0 amide bonds. The topological polar surface area (TPSA) is 67.4 Å². The molecule has 0 saturated carbocycles. The summed E-state index contributed by atoms with van der Waals surface area (Å²) in [7, 11) is -2.12. The first kappa shape index (κ1) is 18.7. The van der Waals surface area contributed by atoms with Crippen LogP contribution in [-0.4, -0.2) is 34.7 Å². The summed E-state index contributed by atoms with van der Waals surface area (Å²) in [5.41, 5.74) is 0. The zero-order valence-electron chi connectivity index (χ0n) is 11.9. The Morgan fingerprint density at radius 2 is 2.14 bits per heavy atom. The molecule has 1 fully saturated rings. The average Bonchev–Trinajstić information content (AvgIpc) is 2.41. The van der Waals surface area contributed by atoms with Crippen LogP contribution in [0.3, 0.4) is 0 Å². The van der Waals surface area contributed by atoms with Crippen molar-refractivity contribution in [1.29, 1.82) is 0 Å². The van der Waals surface area contributed by atoms with E-state index in [-0.39, 0.29) is 29.3 Å². The van der Waals surface area contributed by atoms with Crippen LogP contribution in [0, 0.1) is 5.92 Å². The molecule has 1 aliphatic rings. The Morgan fingerprint density at radius 3 is 2.76 bits per heavy atom. The molecule has 2 rings (SSSR count). The average molecular weight is 400 g/mol. The summed E-state index contributed by atoms with van der Waals surface area (Å²) in [6, 6.07) is 4.91. The maximum absolute atomic E-state index is 12.5. The van der Waals surface area contributed by atoms with Crippen LogP contribution in [0.4, 0.5) is 0 Å². The molecule has 0 aliphatic carbocycles. The van der Waals surface area contributed by atoms with Crippen molar-refractivity contribution in [1.82, 2.24) is 10.0 Å². The summed E-state index contributed by atoms with van der Waals surface area (Å²) in [5.74, 6) is 0.610. The first-order chi connectivity index (χ1) is 9.44. The Kier molecular flexibility index (Phi) is 6.93. The number of sulfonamides is 1. The number of rotatable bonds is 4. The minimum atomic E-state index is -3.59. The lowest BCUT2D eigenvalue weighted by Gasteiger charge is -2.30. The normalized spacial score (nSPS) is 22.4. The summed E-state index contributed by atoms with van der Waals surface area (Å²) in [5, 5.41) is 3.25. The van der Waals surface area contributed by atoms with E-state index < -0.39 is 10.0 Å². The number of methoxy groups -OCH3 is 1. The molecule has 0 aromatic heterocycles. The Labute approximate surface area is 140 Å². The lowest BCUT2D eigenvalue weighted by Crippen LogP contribution is -2.48. The lowest BCUT2D eigenvalue weighted by atomic mass is 9.97. The van der Waals surface area contributed by atoms with Crippen LogP contribution in [0.5, 0.6) is 5.75 Å². The van der Waals surface area contributed by atoms with Crippen molar-refractivity contribution in [2.75, 3.05) is 20.2 Å². The SMILES string of the molecule is COc1ccc(Br)cc1S(=O)(=O)NC1CCNCC1C.Cl. The van der Waals surface area contributed by atoms with E-state index >= 15 is 0 Å². The molecule has 5 nitrogen and oxygen atoms in total. The molecule has 0 spiro atoms. The first-order valence-corrected chi connectivity index (χ1v) is 8.78. The molecule has 0 bridgehead atoms. The predicted octanol–water partition coefficient (Wildman–Crippen LogP) is 2.16. The van der Waals surface area contributed by atoms with Gasteiger partial charge in [-0.2, -0.15) is 0 Å². The molecule has 1 aromatic rings. The van der Waals surface area contributed by atoms with Crippen LogP contribution < -0.4 is 14.8 Å². The van der Waals surface area contributed by atoms with Gasteiger partial charge >= 0.3 is 0 Å². The van der Waals surface area contributed by atoms with E-state index in [1.807, 2.05) is 6.92 Å². The van der Waals surface area contributed by atoms with Gasteiger partial charge in [0.15, 0.2) is 0 Å². The van der Waals surface area contributed by atoms with Gasteiger partial charge in [-0.15, -0.1) is 12.4 Å². The van der Waals surface area contributed by atoms with Gasteiger partial charge in [0.25, 0.3) is 0 Å². The molecule has 1 saturated heterocycles. The summed E-state index contributed by atoms with van der Waals surface area (Å²) < 4.78 is 33.7. The lowest BCUT2D eigenvalue weighted by molar-refractivity contribution is 0.327. The molecular formula is C13H20BrClN2O3S. The predicted molar refractivity (Wildman–Crippen MR) is 88.7 cm³/mol. The third kappa shape index (κ3) is 4.56. The number of piperidine rings is 1. The fourth-order valence-corrected chi connectivity index (χ4v) is 4.40. The van der Waals surface area contributed by atoms with Crippen molar-refractivity contribution < 1.29 is 13.2 Å². The third-order valence-corrected chi connectivity index (χ3v) is 5.51. The van der Waals surface area contributed by atoms with Gasteiger partial charge in [0.1, 0.15) is 10.6 Å². The monoisotopic (exact) mass is 398 g/mol. The minimum Gasteiger partial charge on any atom is -0.495 e. The van der Waals surface area contributed by atoms with Gasteiger partial charge in [-0.3, -0.25) is 0 Å². The standard InChI is InChI=1S/C13H19BrN2O3S.ClH/c1-9-8-15-6-5-11(9)16-20(17,18)13-7-10(14)3-4-12(13)19-2;/h3-4,7,9,11,15-16H,5-6,8H2,1-2H3;1H. The number of ether oxygens (including phenoxy) is 1. The molecule has 1 aliphatic heterocycles. The second-order valence-corrected chi connectivity index (χ2v) is 7.59. The van der Waals surface area contributed by atoms with Crippen LogP contribution in [0.25, 0.3) is 0 Å². The molecule has 1 heterocycles. The van der Waals surface area contributed by atoms with E-state index in [2.05, 4.69) is 26.0 Å². The molecule has 2 atom stereocenters. The highest BCUT2D eigenvalue weighted by Crippen LogP contribution is 2.28. The highest BCUT2D eigenvalue weighted by Gasteiger charge is 2.28. The Morgan fingerprint density at radius 1 is 1.43 bits per heavy atom. The van der Waals surface area contributed by atoms with Gasteiger partial charge in [0.05, 0.1) is 7.11 Å². The van der Waals surface area contributed by atoms with E-state index in [0.29, 0.717) is 10.2 Å².